The number of nitrogens with two attached hydrogens (primary N) is 1. The molecule has 1 aromatic heterocycles. The van der Waals surface area contributed by atoms with Crippen LogP contribution in [0.2, 0.25) is 0 Å². The van der Waals surface area contributed by atoms with Crippen molar-refractivity contribution in [2.45, 2.75) is 18.9 Å². The highest BCUT2D eigenvalue weighted by molar-refractivity contribution is 7.13. The topological polar surface area (TPSA) is 72.0 Å². The summed E-state index contributed by atoms with van der Waals surface area (Å²) in [6, 6.07) is 0. The summed E-state index contributed by atoms with van der Waals surface area (Å²) in [5.74, 6) is 0.0850. The molecule has 1 saturated heterocycles. The van der Waals surface area contributed by atoms with Crippen molar-refractivity contribution in [3.8, 4) is 0 Å². The monoisotopic (exact) mass is 197 g/mol. The van der Waals surface area contributed by atoms with Crippen molar-refractivity contribution in [3.05, 3.63) is 16.1 Å². The lowest BCUT2D eigenvalue weighted by molar-refractivity contribution is 0.111. The summed E-state index contributed by atoms with van der Waals surface area (Å²) in [7, 11) is 0. The van der Waals surface area contributed by atoms with E-state index in [1.54, 1.807) is 6.20 Å². The van der Waals surface area contributed by atoms with Crippen molar-refractivity contribution in [1.82, 2.24) is 4.98 Å². The molecule has 0 amide bonds. The van der Waals surface area contributed by atoms with Gasteiger partial charge in [0.15, 0.2) is 0 Å². The van der Waals surface area contributed by atoms with E-state index in [0.717, 1.165) is 29.3 Å². The molecule has 2 heterocycles. The highest BCUT2D eigenvalue weighted by Gasteiger charge is 2.21. The summed E-state index contributed by atoms with van der Waals surface area (Å²) in [5.41, 5.74) is 5.34. The number of ether oxygens (including phenoxy) is 1. The van der Waals surface area contributed by atoms with Crippen molar-refractivity contribution in [2.24, 2.45) is 5.73 Å². The Kier molecular flexibility index (Phi) is 2.28. The van der Waals surface area contributed by atoms with E-state index in [0.29, 0.717) is 0 Å². The molecule has 1 atom stereocenters. The highest BCUT2D eigenvalue weighted by atomic mass is 32.1. The fourth-order valence-electron chi connectivity index (χ4n) is 1.33. The SMILES string of the molecule is N=C(N)c1cnc(C2CCCO2)s1. The van der Waals surface area contributed by atoms with Gasteiger partial charge in [0, 0.05) is 12.8 Å². The van der Waals surface area contributed by atoms with E-state index < -0.39 is 0 Å². The zero-order valence-electron chi connectivity index (χ0n) is 7.12. The average molecular weight is 197 g/mol. The van der Waals surface area contributed by atoms with Crippen LogP contribution in [-0.2, 0) is 4.74 Å². The van der Waals surface area contributed by atoms with Gasteiger partial charge in [0.25, 0.3) is 0 Å². The third-order valence-electron chi connectivity index (χ3n) is 1.99. The number of thiazole rings is 1. The molecular weight excluding hydrogens is 186 g/mol. The molecule has 1 aliphatic heterocycles. The Morgan fingerprint density at radius 2 is 2.62 bits per heavy atom. The average Bonchev–Trinajstić information content (AvgIpc) is 2.75. The quantitative estimate of drug-likeness (QED) is 0.554. The Bertz CT molecular complexity index is 317. The molecule has 0 aromatic carbocycles. The summed E-state index contributed by atoms with van der Waals surface area (Å²) in [5, 5.41) is 8.17. The zero-order valence-corrected chi connectivity index (χ0v) is 7.93. The predicted octanol–water partition coefficient (Wildman–Crippen LogP) is 1.28. The van der Waals surface area contributed by atoms with Crippen molar-refractivity contribution < 1.29 is 4.74 Å². The number of amidine groups is 1. The van der Waals surface area contributed by atoms with E-state index in [4.69, 9.17) is 15.9 Å². The van der Waals surface area contributed by atoms with Crippen LogP contribution in [0, 0.1) is 5.41 Å². The molecule has 2 rings (SSSR count). The van der Waals surface area contributed by atoms with E-state index >= 15 is 0 Å². The maximum atomic E-state index is 7.23. The number of rotatable bonds is 2. The van der Waals surface area contributed by atoms with Crippen LogP contribution < -0.4 is 5.73 Å². The van der Waals surface area contributed by atoms with E-state index in [1.807, 2.05) is 0 Å². The Hall–Kier alpha value is -0.940. The van der Waals surface area contributed by atoms with Gasteiger partial charge in [-0.05, 0) is 12.8 Å². The molecule has 0 saturated carbocycles. The fourth-order valence-corrected chi connectivity index (χ4v) is 2.20. The molecule has 13 heavy (non-hydrogen) atoms. The predicted molar refractivity (Wildman–Crippen MR) is 51.1 cm³/mol. The number of hydrogen-bond acceptors (Lipinski definition) is 4. The second-order valence-electron chi connectivity index (χ2n) is 2.98. The van der Waals surface area contributed by atoms with Crippen LogP contribution in [0.3, 0.4) is 0 Å². The molecule has 4 nitrogen and oxygen atoms in total. The third kappa shape index (κ3) is 1.71. The molecule has 1 aliphatic rings. The van der Waals surface area contributed by atoms with Gasteiger partial charge in [0.1, 0.15) is 16.9 Å². The van der Waals surface area contributed by atoms with Gasteiger partial charge in [-0.1, -0.05) is 0 Å². The first-order chi connectivity index (χ1) is 6.27. The normalized spacial score (nSPS) is 22.0. The van der Waals surface area contributed by atoms with E-state index in [2.05, 4.69) is 4.98 Å². The summed E-state index contributed by atoms with van der Waals surface area (Å²) < 4.78 is 5.47. The zero-order chi connectivity index (χ0) is 9.26. The van der Waals surface area contributed by atoms with Crippen LogP contribution in [0.15, 0.2) is 6.20 Å². The molecule has 0 radical (unpaired) electrons. The van der Waals surface area contributed by atoms with Crippen LogP contribution in [0.25, 0.3) is 0 Å². The third-order valence-corrected chi connectivity index (χ3v) is 3.12. The fraction of sp³-hybridized carbons (Fsp3) is 0.500. The van der Waals surface area contributed by atoms with Crippen molar-refractivity contribution in [1.29, 1.82) is 5.41 Å². The minimum atomic E-state index is 0.0850. The number of nitrogen functional groups attached to an aromatic ring is 1. The number of nitrogens with one attached hydrogen (secondary N) is 1. The number of aromatic nitrogens is 1. The minimum absolute atomic E-state index is 0.0850. The van der Waals surface area contributed by atoms with E-state index in [9.17, 15) is 0 Å². The number of nitrogens with zero attached hydrogens (tertiary/aromatic N) is 1. The maximum absolute atomic E-state index is 7.23. The van der Waals surface area contributed by atoms with Crippen molar-refractivity contribution >= 4 is 17.2 Å². The largest absolute Gasteiger partial charge is 0.383 e. The van der Waals surface area contributed by atoms with Gasteiger partial charge in [0.2, 0.25) is 0 Å². The van der Waals surface area contributed by atoms with Gasteiger partial charge in [-0.3, -0.25) is 5.41 Å². The van der Waals surface area contributed by atoms with Gasteiger partial charge in [0.05, 0.1) is 4.88 Å². The molecule has 0 bridgehead atoms. The number of hydrogen-bond donors (Lipinski definition) is 2. The lowest BCUT2D eigenvalue weighted by atomic mass is 10.2. The van der Waals surface area contributed by atoms with Crippen LogP contribution in [-0.4, -0.2) is 17.4 Å². The summed E-state index contributed by atoms with van der Waals surface area (Å²) >= 11 is 1.45. The Morgan fingerprint density at radius 3 is 3.15 bits per heavy atom. The van der Waals surface area contributed by atoms with E-state index in [1.165, 1.54) is 11.3 Å². The first-order valence-corrected chi connectivity index (χ1v) is 5.01. The molecule has 1 aromatic rings. The summed E-state index contributed by atoms with van der Waals surface area (Å²) in [4.78, 5) is 4.92. The first kappa shape index (κ1) is 8.65. The first-order valence-electron chi connectivity index (χ1n) is 4.19. The lowest BCUT2D eigenvalue weighted by Gasteiger charge is -2.02. The molecule has 70 valence electrons. The van der Waals surface area contributed by atoms with Crippen molar-refractivity contribution in [2.75, 3.05) is 6.61 Å². The Morgan fingerprint density at radius 1 is 1.77 bits per heavy atom. The van der Waals surface area contributed by atoms with Crippen LogP contribution in [0.4, 0.5) is 0 Å². The maximum Gasteiger partial charge on any atom is 0.134 e. The van der Waals surface area contributed by atoms with Gasteiger partial charge >= 0.3 is 0 Å². The highest BCUT2D eigenvalue weighted by Crippen LogP contribution is 2.30. The van der Waals surface area contributed by atoms with Gasteiger partial charge < -0.3 is 10.5 Å². The second kappa shape index (κ2) is 3.43. The molecular formula is C8H11N3OS. The Balaban J connectivity index is 2.16. The summed E-state index contributed by atoms with van der Waals surface area (Å²) in [6.45, 7) is 0.819. The van der Waals surface area contributed by atoms with Gasteiger partial charge in [-0.25, -0.2) is 4.98 Å². The second-order valence-corrected chi connectivity index (χ2v) is 4.04. The van der Waals surface area contributed by atoms with Crippen molar-refractivity contribution in [3.63, 3.8) is 0 Å². The van der Waals surface area contributed by atoms with Crippen LogP contribution in [0.1, 0.15) is 28.8 Å². The molecule has 3 N–H and O–H groups in total. The lowest BCUT2D eigenvalue weighted by Crippen LogP contribution is -2.08. The van der Waals surface area contributed by atoms with E-state index in [-0.39, 0.29) is 11.9 Å². The smallest absolute Gasteiger partial charge is 0.134 e. The summed E-state index contributed by atoms with van der Waals surface area (Å²) in [6.07, 6.45) is 3.91. The Labute approximate surface area is 80.2 Å². The minimum Gasteiger partial charge on any atom is -0.383 e. The molecule has 1 unspecified atom stereocenters. The molecule has 1 fully saturated rings. The van der Waals surface area contributed by atoms with Crippen LogP contribution >= 0.6 is 11.3 Å². The van der Waals surface area contributed by atoms with Crippen LogP contribution in [0.5, 0.6) is 0 Å². The van der Waals surface area contributed by atoms with Gasteiger partial charge in [-0.15, -0.1) is 11.3 Å². The molecule has 5 heteroatoms. The van der Waals surface area contributed by atoms with Gasteiger partial charge in [-0.2, -0.15) is 0 Å². The standard InChI is InChI=1S/C8H11N3OS/c9-7(10)6-4-11-8(13-6)5-2-1-3-12-5/h4-5H,1-3H2,(H3,9,10). The molecule has 0 spiro atoms. The molecule has 0 aliphatic carbocycles.